The van der Waals surface area contributed by atoms with Crippen LogP contribution in [-0.2, 0) is 13.6 Å². The van der Waals surface area contributed by atoms with Gasteiger partial charge in [-0.25, -0.2) is 4.98 Å². The van der Waals surface area contributed by atoms with Crippen LogP contribution < -0.4 is 5.32 Å². The highest BCUT2D eigenvalue weighted by atomic mass is 16.3. The van der Waals surface area contributed by atoms with E-state index in [-0.39, 0.29) is 0 Å². The molecule has 0 aliphatic carbocycles. The number of benzene rings is 1. The predicted molar refractivity (Wildman–Crippen MR) is 68.1 cm³/mol. The van der Waals surface area contributed by atoms with Gasteiger partial charge in [-0.2, -0.15) is 0 Å². The largest absolute Gasteiger partial charge is 0.507 e. The molecule has 0 aliphatic heterocycles. The van der Waals surface area contributed by atoms with E-state index in [1.54, 1.807) is 6.33 Å². The van der Waals surface area contributed by atoms with Crippen molar-refractivity contribution in [3.63, 3.8) is 0 Å². The fourth-order valence-corrected chi connectivity index (χ4v) is 1.77. The molecule has 0 unspecified atom stereocenters. The zero-order valence-corrected chi connectivity index (χ0v) is 10.4. The van der Waals surface area contributed by atoms with Crippen LogP contribution in [0.1, 0.15) is 16.8 Å². The lowest BCUT2D eigenvalue weighted by molar-refractivity contribution is 0.467. The molecule has 0 aliphatic rings. The van der Waals surface area contributed by atoms with E-state index in [0.717, 1.165) is 22.5 Å². The third kappa shape index (κ3) is 2.25. The average molecular weight is 231 g/mol. The van der Waals surface area contributed by atoms with Crippen LogP contribution in [0.25, 0.3) is 0 Å². The minimum atomic E-state index is 0.361. The second kappa shape index (κ2) is 4.49. The number of nitrogens with one attached hydrogen (secondary N) is 1. The Morgan fingerprint density at radius 1 is 1.35 bits per heavy atom. The number of aryl methyl sites for hydroxylation is 2. The maximum absolute atomic E-state index is 9.84. The summed E-state index contributed by atoms with van der Waals surface area (Å²) in [7, 11) is 1.96. The third-order valence-electron chi connectivity index (χ3n) is 3.01. The number of nitrogens with zero attached hydrogens (tertiary/aromatic N) is 2. The Morgan fingerprint density at radius 3 is 2.76 bits per heavy atom. The summed E-state index contributed by atoms with van der Waals surface area (Å²) >= 11 is 0. The molecule has 2 aromatic rings. The fourth-order valence-electron chi connectivity index (χ4n) is 1.77. The summed E-state index contributed by atoms with van der Waals surface area (Å²) in [5.41, 5.74) is 3.83. The monoisotopic (exact) mass is 231 g/mol. The normalized spacial score (nSPS) is 10.5. The van der Waals surface area contributed by atoms with Crippen LogP contribution in [0.15, 0.2) is 24.7 Å². The molecule has 0 spiro atoms. The molecule has 1 aromatic carbocycles. The molecule has 90 valence electrons. The quantitative estimate of drug-likeness (QED) is 0.852. The molecule has 2 rings (SSSR count). The Kier molecular flexibility index (Phi) is 3.04. The molecule has 0 fully saturated rings. The van der Waals surface area contributed by atoms with E-state index < -0.39 is 0 Å². The topological polar surface area (TPSA) is 50.1 Å². The van der Waals surface area contributed by atoms with Crippen LogP contribution >= 0.6 is 0 Å². The maximum Gasteiger partial charge on any atom is 0.123 e. The summed E-state index contributed by atoms with van der Waals surface area (Å²) in [5.74, 6) is 0.361. The molecule has 0 saturated heterocycles. The molecule has 4 heteroatoms. The molecular formula is C13H17N3O. The van der Waals surface area contributed by atoms with Crippen molar-refractivity contribution < 1.29 is 5.11 Å². The Bertz CT molecular complexity index is 531. The molecule has 0 amide bonds. The summed E-state index contributed by atoms with van der Waals surface area (Å²) in [5, 5.41) is 13.1. The van der Waals surface area contributed by atoms with Gasteiger partial charge in [0.1, 0.15) is 5.75 Å². The van der Waals surface area contributed by atoms with Crippen LogP contribution in [0.2, 0.25) is 0 Å². The smallest absolute Gasteiger partial charge is 0.123 e. The highest BCUT2D eigenvalue weighted by Gasteiger charge is 2.06. The van der Waals surface area contributed by atoms with Crippen molar-refractivity contribution in [3.05, 3.63) is 41.5 Å². The Balaban J connectivity index is 2.15. The van der Waals surface area contributed by atoms with E-state index in [1.165, 1.54) is 0 Å². The van der Waals surface area contributed by atoms with E-state index in [4.69, 9.17) is 0 Å². The first-order valence-electron chi connectivity index (χ1n) is 5.58. The van der Waals surface area contributed by atoms with Gasteiger partial charge < -0.3 is 15.0 Å². The number of phenols is 1. The number of phenolic OH excluding ortho intramolecular Hbond substituents is 1. The molecule has 17 heavy (non-hydrogen) atoms. The number of imidazole rings is 1. The number of aromatic nitrogens is 2. The van der Waals surface area contributed by atoms with E-state index in [1.807, 2.05) is 43.8 Å². The number of hydrogen-bond donors (Lipinski definition) is 2. The van der Waals surface area contributed by atoms with Crippen molar-refractivity contribution >= 4 is 5.69 Å². The van der Waals surface area contributed by atoms with Crippen molar-refractivity contribution in [2.45, 2.75) is 20.4 Å². The van der Waals surface area contributed by atoms with Crippen LogP contribution in [-0.4, -0.2) is 14.7 Å². The Labute approximate surface area is 101 Å². The van der Waals surface area contributed by atoms with Gasteiger partial charge in [-0.05, 0) is 25.5 Å². The summed E-state index contributed by atoms with van der Waals surface area (Å²) in [6.07, 6.45) is 3.60. The number of aromatic hydroxyl groups is 1. The summed E-state index contributed by atoms with van der Waals surface area (Å²) < 4.78 is 1.97. The Morgan fingerprint density at radius 2 is 2.12 bits per heavy atom. The molecule has 1 aromatic heterocycles. The van der Waals surface area contributed by atoms with E-state index in [9.17, 15) is 5.11 Å². The van der Waals surface area contributed by atoms with Crippen LogP contribution in [0.5, 0.6) is 5.75 Å². The van der Waals surface area contributed by atoms with Gasteiger partial charge in [0.05, 0.1) is 18.6 Å². The second-order valence-corrected chi connectivity index (χ2v) is 4.25. The average Bonchev–Trinajstić information content (AvgIpc) is 2.71. The van der Waals surface area contributed by atoms with Gasteiger partial charge in [0.25, 0.3) is 0 Å². The van der Waals surface area contributed by atoms with Gasteiger partial charge in [0, 0.05) is 24.5 Å². The molecule has 0 radical (unpaired) electrons. The van der Waals surface area contributed by atoms with Crippen molar-refractivity contribution in [3.8, 4) is 5.75 Å². The van der Waals surface area contributed by atoms with E-state index in [0.29, 0.717) is 12.3 Å². The minimum absolute atomic E-state index is 0.361. The molecule has 2 N–H and O–H groups in total. The van der Waals surface area contributed by atoms with Crippen molar-refractivity contribution in [2.24, 2.45) is 7.05 Å². The van der Waals surface area contributed by atoms with Gasteiger partial charge in [0.2, 0.25) is 0 Å². The Hall–Kier alpha value is -1.97. The lowest BCUT2D eigenvalue weighted by Gasteiger charge is -2.12. The molecule has 0 atom stereocenters. The van der Waals surface area contributed by atoms with Gasteiger partial charge >= 0.3 is 0 Å². The van der Waals surface area contributed by atoms with Crippen molar-refractivity contribution in [2.75, 3.05) is 5.32 Å². The van der Waals surface area contributed by atoms with E-state index in [2.05, 4.69) is 10.3 Å². The minimum Gasteiger partial charge on any atom is -0.507 e. The van der Waals surface area contributed by atoms with E-state index >= 15 is 0 Å². The van der Waals surface area contributed by atoms with Gasteiger partial charge in [-0.1, -0.05) is 6.07 Å². The van der Waals surface area contributed by atoms with Gasteiger partial charge in [-0.3, -0.25) is 0 Å². The lowest BCUT2D eigenvalue weighted by Crippen LogP contribution is -2.05. The second-order valence-electron chi connectivity index (χ2n) is 4.25. The number of rotatable bonds is 3. The highest BCUT2D eigenvalue weighted by Crippen LogP contribution is 2.28. The van der Waals surface area contributed by atoms with Crippen molar-refractivity contribution in [1.29, 1.82) is 0 Å². The first kappa shape index (κ1) is 11.5. The van der Waals surface area contributed by atoms with Crippen LogP contribution in [0.3, 0.4) is 0 Å². The first-order valence-corrected chi connectivity index (χ1v) is 5.58. The molecular weight excluding hydrogens is 214 g/mol. The predicted octanol–water partition coefficient (Wildman–Crippen LogP) is 2.35. The van der Waals surface area contributed by atoms with Gasteiger partial charge in [0.15, 0.2) is 0 Å². The van der Waals surface area contributed by atoms with Crippen molar-refractivity contribution in [1.82, 2.24) is 9.55 Å². The highest BCUT2D eigenvalue weighted by molar-refractivity contribution is 5.59. The lowest BCUT2D eigenvalue weighted by atomic mass is 10.1. The first-order chi connectivity index (χ1) is 8.09. The zero-order chi connectivity index (χ0) is 12.4. The molecule has 0 bridgehead atoms. The third-order valence-corrected chi connectivity index (χ3v) is 3.01. The standard InChI is InChI=1S/C13H17N3O/c1-9-4-5-12(10(2)13(9)17)15-7-11-6-14-8-16(11)3/h4-6,8,15,17H,7H2,1-3H3. The number of hydrogen-bond acceptors (Lipinski definition) is 3. The molecule has 0 saturated carbocycles. The fraction of sp³-hybridized carbons (Fsp3) is 0.308. The summed E-state index contributed by atoms with van der Waals surface area (Å²) in [6.45, 7) is 4.50. The maximum atomic E-state index is 9.84. The summed E-state index contributed by atoms with van der Waals surface area (Å²) in [6, 6.07) is 3.90. The zero-order valence-electron chi connectivity index (χ0n) is 10.4. The SMILES string of the molecule is Cc1ccc(NCc2cncn2C)c(C)c1O. The van der Waals surface area contributed by atoms with Crippen LogP contribution in [0, 0.1) is 13.8 Å². The van der Waals surface area contributed by atoms with Crippen LogP contribution in [0.4, 0.5) is 5.69 Å². The molecule has 4 nitrogen and oxygen atoms in total. The summed E-state index contributed by atoms with van der Waals surface area (Å²) in [4.78, 5) is 4.06. The number of anilines is 1. The van der Waals surface area contributed by atoms with Gasteiger partial charge in [-0.15, -0.1) is 0 Å². The molecule has 1 heterocycles.